The fourth-order valence-electron chi connectivity index (χ4n) is 3.35. The number of imidazole rings is 1. The van der Waals surface area contributed by atoms with E-state index in [4.69, 9.17) is 4.74 Å². The van der Waals surface area contributed by atoms with Gasteiger partial charge < -0.3 is 4.74 Å². The number of fused-ring (bicyclic) bond motifs is 1. The molecular formula is C22H22N4O3S. The van der Waals surface area contributed by atoms with Crippen LogP contribution in [0.5, 0.6) is 0 Å². The Kier molecular flexibility index (Phi) is 5.61. The van der Waals surface area contributed by atoms with Gasteiger partial charge in [0.15, 0.2) is 5.17 Å². The second-order valence-electron chi connectivity index (χ2n) is 6.94. The molecule has 1 amide bonds. The summed E-state index contributed by atoms with van der Waals surface area (Å²) in [4.78, 5) is 32.1. The number of carbonyl (C=O) groups is 1. The van der Waals surface area contributed by atoms with Crippen LogP contribution in [0.3, 0.4) is 0 Å². The molecule has 0 N–H and O–H groups in total. The van der Waals surface area contributed by atoms with Crippen molar-refractivity contribution >= 4 is 45.6 Å². The van der Waals surface area contributed by atoms with Crippen LogP contribution in [0.25, 0.3) is 17.1 Å². The van der Waals surface area contributed by atoms with Gasteiger partial charge in [0, 0.05) is 21.2 Å². The molecule has 1 aliphatic heterocycles. The van der Waals surface area contributed by atoms with Crippen LogP contribution < -0.4 is 5.69 Å². The first-order valence-corrected chi connectivity index (χ1v) is 10.3. The topological polar surface area (TPSA) is 68.8 Å². The molecule has 2 aromatic carbocycles. The number of aliphatic imine (C=N–C) groups is 1. The van der Waals surface area contributed by atoms with Gasteiger partial charge in [-0.25, -0.2) is 9.79 Å². The van der Waals surface area contributed by atoms with Gasteiger partial charge in [-0.2, -0.15) is 0 Å². The average molecular weight is 423 g/mol. The summed E-state index contributed by atoms with van der Waals surface area (Å²) in [7, 11) is 5.10. The third-order valence-electron chi connectivity index (χ3n) is 4.98. The van der Waals surface area contributed by atoms with Crippen molar-refractivity contribution in [2.75, 3.05) is 20.3 Å². The Morgan fingerprint density at radius 2 is 1.77 bits per heavy atom. The number of para-hydroxylation sites is 1. The molecule has 1 fully saturated rings. The number of hydrogen-bond donors (Lipinski definition) is 0. The summed E-state index contributed by atoms with van der Waals surface area (Å²) in [6, 6.07) is 15.3. The minimum absolute atomic E-state index is 0.0795. The predicted molar refractivity (Wildman–Crippen MR) is 121 cm³/mol. The van der Waals surface area contributed by atoms with Gasteiger partial charge in [-0.05, 0) is 47.7 Å². The Bertz CT molecular complexity index is 1220. The van der Waals surface area contributed by atoms with E-state index < -0.39 is 0 Å². The zero-order chi connectivity index (χ0) is 21.3. The number of amides is 1. The van der Waals surface area contributed by atoms with Gasteiger partial charge in [0.1, 0.15) is 0 Å². The van der Waals surface area contributed by atoms with Crippen molar-refractivity contribution in [2.45, 2.75) is 0 Å². The molecule has 0 saturated carbocycles. The summed E-state index contributed by atoms with van der Waals surface area (Å²) in [5.41, 5.74) is 3.23. The van der Waals surface area contributed by atoms with E-state index in [0.717, 1.165) is 22.3 Å². The van der Waals surface area contributed by atoms with Crippen LogP contribution in [0, 0.1) is 0 Å². The molecule has 7 nitrogen and oxygen atoms in total. The number of rotatable bonds is 5. The van der Waals surface area contributed by atoms with E-state index in [2.05, 4.69) is 4.99 Å². The summed E-state index contributed by atoms with van der Waals surface area (Å²) < 4.78 is 8.38. The van der Waals surface area contributed by atoms with Crippen molar-refractivity contribution in [1.82, 2.24) is 14.0 Å². The highest BCUT2D eigenvalue weighted by Crippen LogP contribution is 2.34. The summed E-state index contributed by atoms with van der Waals surface area (Å²) in [5, 5.41) is 0.627. The standard InChI is InChI=1S/C22H22N4O3S/c1-24-17-10-9-15(13-18(17)25(2)22(24)28)14-19-20(27)26(11-12-29-3)21(30-19)23-16-7-5-4-6-8-16/h4-10,13-14H,11-12H2,1-3H3/b19-14-,23-21?. The van der Waals surface area contributed by atoms with Crippen molar-refractivity contribution in [3.63, 3.8) is 0 Å². The molecule has 1 aromatic heterocycles. The summed E-state index contributed by atoms with van der Waals surface area (Å²) in [5.74, 6) is -0.103. The number of aromatic nitrogens is 2. The number of carbonyl (C=O) groups excluding carboxylic acids is 1. The minimum atomic E-state index is -0.103. The Morgan fingerprint density at radius 3 is 2.50 bits per heavy atom. The van der Waals surface area contributed by atoms with E-state index in [9.17, 15) is 9.59 Å². The van der Waals surface area contributed by atoms with Gasteiger partial charge >= 0.3 is 5.69 Å². The van der Waals surface area contributed by atoms with Crippen LogP contribution in [-0.2, 0) is 23.6 Å². The number of thioether (sulfide) groups is 1. The fourth-order valence-corrected chi connectivity index (χ4v) is 4.37. The lowest BCUT2D eigenvalue weighted by molar-refractivity contribution is -0.122. The molecule has 2 heterocycles. The van der Waals surface area contributed by atoms with E-state index in [0.29, 0.717) is 23.2 Å². The highest BCUT2D eigenvalue weighted by molar-refractivity contribution is 8.18. The van der Waals surface area contributed by atoms with E-state index >= 15 is 0 Å². The first-order chi connectivity index (χ1) is 14.5. The maximum atomic E-state index is 13.0. The molecule has 0 spiro atoms. The first-order valence-electron chi connectivity index (χ1n) is 9.49. The second kappa shape index (κ2) is 8.33. The lowest BCUT2D eigenvalue weighted by Crippen LogP contribution is -2.32. The van der Waals surface area contributed by atoms with E-state index in [1.165, 1.54) is 11.8 Å². The summed E-state index contributed by atoms with van der Waals surface area (Å²) in [6.45, 7) is 0.850. The number of nitrogens with zero attached hydrogens (tertiary/aromatic N) is 4. The maximum absolute atomic E-state index is 13.0. The molecule has 30 heavy (non-hydrogen) atoms. The van der Waals surface area contributed by atoms with Crippen molar-refractivity contribution in [3.05, 3.63) is 69.5 Å². The van der Waals surface area contributed by atoms with Gasteiger partial charge in [-0.3, -0.25) is 18.8 Å². The molecule has 0 bridgehead atoms. The number of methoxy groups -OCH3 is 1. The number of benzene rings is 2. The van der Waals surface area contributed by atoms with Crippen molar-refractivity contribution in [1.29, 1.82) is 0 Å². The zero-order valence-electron chi connectivity index (χ0n) is 17.0. The van der Waals surface area contributed by atoms with Crippen LogP contribution in [0.2, 0.25) is 0 Å². The van der Waals surface area contributed by atoms with Crippen LogP contribution in [0.15, 0.2) is 63.2 Å². The molecule has 8 heteroatoms. The largest absolute Gasteiger partial charge is 0.383 e. The first kappa shape index (κ1) is 20.2. The van der Waals surface area contributed by atoms with Gasteiger partial charge in [-0.1, -0.05) is 24.3 Å². The van der Waals surface area contributed by atoms with Gasteiger partial charge in [0.05, 0.1) is 34.8 Å². The number of hydrogen-bond acceptors (Lipinski definition) is 5. The monoisotopic (exact) mass is 422 g/mol. The van der Waals surface area contributed by atoms with Gasteiger partial charge in [0.25, 0.3) is 5.91 Å². The number of ether oxygens (including phenoxy) is 1. The van der Waals surface area contributed by atoms with Crippen LogP contribution in [0.4, 0.5) is 5.69 Å². The summed E-state index contributed by atoms with van der Waals surface area (Å²) in [6.07, 6.45) is 1.84. The molecule has 1 aliphatic rings. The fraction of sp³-hybridized carbons (Fsp3) is 0.227. The Balaban J connectivity index is 1.71. The van der Waals surface area contributed by atoms with E-state index in [1.807, 2.05) is 54.6 Å². The van der Waals surface area contributed by atoms with Crippen LogP contribution >= 0.6 is 11.8 Å². The Hall–Kier alpha value is -3.10. The quantitative estimate of drug-likeness (QED) is 0.593. The van der Waals surface area contributed by atoms with E-state index in [-0.39, 0.29) is 11.6 Å². The van der Waals surface area contributed by atoms with E-state index in [1.54, 1.807) is 35.2 Å². The SMILES string of the molecule is COCCN1C(=O)/C(=C/c2ccc3c(c2)n(C)c(=O)n3C)SC1=Nc1ccccc1. The molecule has 0 aliphatic carbocycles. The molecule has 154 valence electrons. The lowest BCUT2D eigenvalue weighted by Gasteiger charge is -2.14. The van der Waals surface area contributed by atoms with Crippen molar-refractivity contribution in [3.8, 4) is 0 Å². The lowest BCUT2D eigenvalue weighted by atomic mass is 10.2. The van der Waals surface area contributed by atoms with Crippen LogP contribution in [0.1, 0.15) is 5.56 Å². The minimum Gasteiger partial charge on any atom is -0.383 e. The van der Waals surface area contributed by atoms with Crippen molar-refractivity contribution < 1.29 is 9.53 Å². The van der Waals surface area contributed by atoms with Gasteiger partial charge in [0.2, 0.25) is 0 Å². The molecule has 1 saturated heterocycles. The third kappa shape index (κ3) is 3.71. The summed E-state index contributed by atoms with van der Waals surface area (Å²) >= 11 is 1.34. The smallest absolute Gasteiger partial charge is 0.328 e. The maximum Gasteiger partial charge on any atom is 0.328 e. The molecule has 0 radical (unpaired) electrons. The van der Waals surface area contributed by atoms with Crippen LogP contribution in [-0.4, -0.2) is 45.4 Å². The number of amidine groups is 1. The molecular weight excluding hydrogens is 400 g/mol. The molecule has 4 rings (SSSR count). The predicted octanol–water partition coefficient (Wildman–Crippen LogP) is 3.13. The molecule has 0 atom stereocenters. The average Bonchev–Trinajstić information content (AvgIpc) is 3.15. The zero-order valence-corrected chi connectivity index (χ0v) is 17.8. The highest BCUT2D eigenvalue weighted by atomic mass is 32.2. The van der Waals surface area contributed by atoms with Crippen molar-refractivity contribution in [2.24, 2.45) is 19.1 Å². The number of aryl methyl sites for hydroxylation is 2. The molecule has 3 aromatic rings. The molecule has 0 unspecified atom stereocenters. The Morgan fingerprint density at radius 1 is 1.03 bits per heavy atom. The third-order valence-corrected chi connectivity index (χ3v) is 5.99. The Labute approximate surface area is 178 Å². The highest BCUT2D eigenvalue weighted by Gasteiger charge is 2.33. The second-order valence-corrected chi connectivity index (χ2v) is 7.95. The van der Waals surface area contributed by atoms with Gasteiger partial charge in [-0.15, -0.1) is 0 Å². The normalized spacial score (nSPS) is 17.0.